The Morgan fingerprint density at radius 3 is 2.33 bits per heavy atom. The molecular formula is C13H22N2O3. The van der Waals surface area contributed by atoms with Gasteiger partial charge in [0, 0.05) is 13.1 Å². The molecule has 2 N–H and O–H groups in total. The number of piperidine rings is 1. The molecule has 1 saturated heterocycles. The number of nitrogens with zero attached hydrogens (tertiary/aromatic N) is 1. The maximum atomic E-state index is 12.4. The van der Waals surface area contributed by atoms with Gasteiger partial charge >= 0.3 is 5.97 Å². The van der Waals surface area contributed by atoms with Crippen molar-refractivity contribution < 1.29 is 14.7 Å². The van der Waals surface area contributed by atoms with Crippen LogP contribution in [0.2, 0.25) is 0 Å². The molecule has 1 saturated carbocycles. The Labute approximate surface area is 108 Å². The lowest BCUT2D eigenvalue weighted by Gasteiger charge is -2.34. The number of aliphatic carboxylic acids is 1. The summed E-state index contributed by atoms with van der Waals surface area (Å²) in [5.41, 5.74) is 0. The number of carbonyl (C=O) groups is 2. The van der Waals surface area contributed by atoms with E-state index >= 15 is 0 Å². The van der Waals surface area contributed by atoms with Crippen LogP contribution in [-0.2, 0) is 9.59 Å². The normalized spacial score (nSPS) is 29.2. The van der Waals surface area contributed by atoms with Gasteiger partial charge in [-0.2, -0.15) is 0 Å². The second-order valence-electron chi connectivity index (χ2n) is 5.41. The van der Waals surface area contributed by atoms with Crippen LogP contribution in [0.5, 0.6) is 0 Å². The Hall–Kier alpha value is -1.10. The monoisotopic (exact) mass is 254 g/mol. The summed E-state index contributed by atoms with van der Waals surface area (Å²) in [5, 5.41) is 12.4. The van der Waals surface area contributed by atoms with E-state index in [2.05, 4.69) is 5.32 Å². The van der Waals surface area contributed by atoms with Gasteiger partial charge in [-0.25, -0.2) is 0 Å². The zero-order valence-electron chi connectivity index (χ0n) is 10.9. The molecule has 2 unspecified atom stereocenters. The van der Waals surface area contributed by atoms with Gasteiger partial charge in [0.25, 0.3) is 0 Å². The Kier molecular flexibility index (Phi) is 4.22. The minimum atomic E-state index is -0.815. The van der Waals surface area contributed by atoms with Gasteiger partial charge in [0.05, 0.1) is 11.8 Å². The van der Waals surface area contributed by atoms with Gasteiger partial charge in [0.1, 0.15) is 0 Å². The average molecular weight is 254 g/mol. The van der Waals surface area contributed by atoms with Crippen LogP contribution >= 0.6 is 0 Å². The van der Waals surface area contributed by atoms with Crippen molar-refractivity contribution >= 4 is 11.9 Å². The van der Waals surface area contributed by atoms with Crippen LogP contribution in [0.4, 0.5) is 0 Å². The fraction of sp³-hybridized carbons (Fsp3) is 0.846. The van der Waals surface area contributed by atoms with Crippen molar-refractivity contribution in [1.29, 1.82) is 0 Å². The van der Waals surface area contributed by atoms with E-state index in [-0.39, 0.29) is 17.9 Å². The third kappa shape index (κ3) is 2.66. The van der Waals surface area contributed by atoms with Crippen LogP contribution in [0, 0.1) is 11.8 Å². The van der Waals surface area contributed by atoms with Crippen molar-refractivity contribution in [3.05, 3.63) is 0 Å². The summed E-state index contributed by atoms with van der Waals surface area (Å²) in [6, 6.07) is 0.272. The van der Waals surface area contributed by atoms with Crippen molar-refractivity contribution in [1.82, 2.24) is 10.2 Å². The van der Waals surface area contributed by atoms with Gasteiger partial charge in [-0.3, -0.25) is 9.59 Å². The Morgan fingerprint density at radius 2 is 1.72 bits per heavy atom. The molecule has 5 heteroatoms. The Morgan fingerprint density at radius 1 is 1.11 bits per heavy atom. The zero-order chi connectivity index (χ0) is 13.1. The minimum absolute atomic E-state index is 0.0341. The fourth-order valence-electron chi connectivity index (χ4n) is 3.19. The molecule has 2 rings (SSSR count). The van der Waals surface area contributed by atoms with Gasteiger partial charge in [-0.05, 0) is 38.8 Å². The van der Waals surface area contributed by atoms with E-state index in [1.54, 1.807) is 4.90 Å². The molecule has 102 valence electrons. The van der Waals surface area contributed by atoms with Gasteiger partial charge in [0.2, 0.25) is 5.91 Å². The number of rotatable bonds is 3. The highest BCUT2D eigenvalue weighted by Crippen LogP contribution is 2.33. The average Bonchev–Trinajstić information content (AvgIpc) is 2.87. The van der Waals surface area contributed by atoms with Crippen molar-refractivity contribution in [2.24, 2.45) is 11.8 Å². The van der Waals surface area contributed by atoms with Crippen molar-refractivity contribution in [2.45, 2.75) is 38.1 Å². The third-order valence-electron chi connectivity index (χ3n) is 4.35. The van der Waals surface area contributed by atoms with Crippen LogP contribution in [0.3, 0.4) is 0 Å². The van der Waals surface area contributed by atoms with Crippen LogP contribution in [-0.4, -0.2) is 48.1 Å². The standard InChI is InChI=1S/C13H22N2O3/c1-15(9-5-7-14-8-6-9)12(16)10-3-2-4-11(10)13(17)18/h9-11,14H,2-8H2,1H3,(H,17,18). The highest BCUT2D eigenvalue weighted by molar-refractivity contribution is 5.85. The largest absolute Gasteiger partial charge is 0.481 e. The molecule has 1 aliphatic carbocycles. The first-order valence-electron chi connectivity index (χ1n) is 6.81. The van der Waals surface area contributed by atoms with E-state index in [9.17, 15) is 9.59 Å². The smallest absolute Gasteiger partial charge is 0.307 e. The number of amides is 1. The number of hydrogen-bond acceptors (Lipinski definition) is 3. The lowest BCUT2D eigenvalue weighted by Crippen LogP contribution is -2.47. The van der Waals surface area contributed by atoms with Gasteiger partial charge < -0.3 is 15.3 Å². The molecule has 1 aliphatic heterocycles. The summed E-state index contributed by atoms with van der Waals surface area (Å²) in [5.74, 6) is -1.56. The molecule has 0 aromatic carbocycles. The number of nitrogens with one attached hydrogen (secondary N) is 1. The molecular weight excluding hydrogens is 232 g/mol. The molecule has 5 nitrogen and oxygen atoms in total. The Balaban J connectivity index is 1.99. The third-order valence-corrected chi connectivity index (χ3v) is 4.35. The van der Waals surface area contributed by atoms with Gasteiger partial charge in [-0.1, -0.05) is 6.42 Å². The molecule has 0 aromatic heterocycles. The second-order valence-corrected chi connectivity index (χ2v) is 5.41. The van der Waals surface area contributed by atoms with E-state index in [0.717, 1.165) is 38.8 Å². The Bertz CT molecular complexity index is 326. The first-order chi connectivity index (χ1) is 8.61. The van der Waals surface area contributed by atoms with Gasteiger partial charge in [-0.15, -0.1) is 0 Å². The maximum absolute atomic E-state index is 12.4. The van der Waals surface area contributed by atoms with Crippen molar-refractivity contribution in [2.75, 3.05) is 20.1 Å². The molecule has 18 heavy (non-hydrogen) atoms. The quantitative estimate of drug-likeness (QED) is 0.778. The molecule has 1 heterocycles. The lowest BCUT2D eigenvalue weighted by molar-refractivity contribution is -0.149. The number of carbonyl (C=O) groups excluding carboxylic acids is 1. The lowest BCUT2D eigenvalue weighted by atomic mass is 9.93. The van der Waals surface area contributed by atoms with E-state index < -0.39 is 11.9 Å². The first kappa shape index (κ1) is 13.3. The second kappa shape index (κ2) is 5.69. The number of carboxylic acids is 1. The van der Waals surface area contributed by atoms with E-state index in [4.69, 9.17) is 5.11 Å². The topological polar surface area (TPSA) is 69.6 Å². The molecule has 0 radical (unpaired) electrons. The summed E-state index contributed by atoms with van der Waals surface area (Å²) >= 11 is 0. The van der Waals surface area contributed by atoms with Gasteiger partial charge in [0.15, 0.2) is 0 Å². The maximum Gasteiger partial charge on any atom is 0.307 e. The van der Waals surface area contributed by atoms with Crippen molar-refractivity contribution in [3.8, 4) is 0 Å². The predicted molar refractivity (Wildman–Crippen MR) is 67.1 cm³/mol. The van der Waals surface area contributed by atoms with E-state index in [1.165, 1.54) is 0 Å². The first-order valence-corrected chi connectivity index (χ1v) is 6.81. The minimum Gasteiger partial charge on any atom is -0.481 e. The molecule has 1 amide bonds. The predicted octanol–water partition coefficient (Wildman–Crippen LogP) is 0.698. The molecule has 2 fully saturated rings. The molecule has 0 aromatic rings. The summed E-state index contributed by atoms with van der Waals surface area (Å²) < 4.78 is 0. The van der Waals surface area contributed by atoms with Crippen molar-refractivity contribution in [3.63, 3.8) is 0 Å². The van der Waals surface area contributed by atoms with Crippen LogP contribution in [0.1, 0.15) is 32.1 Å². The summed E-state index contributed by atoms with van der Waals surface area (Å²) in [6.45, 7) is 1.88. The molecule has 2 atom stereocenters. The summed E-state index contributed by atoms with van der Waals surface area (Å²) in [4.78, 5) is 25.3. The van der Waals surface area contributed by atoms with E-state index in [1.807, 2.05) is 7.05 Å². The summed E-state index contributed by atoms with van der Waals surface area (Å²) in [6.07, 6.45) is 4.16. The molecule has 2 aliphatic rings. The summed E-state index contributed by atoms with van der Waals surface area (Å²) in [7, 11) is 1.83. The fourth-order valence-corrected chi connectivity index (χ4v) is 3.19. The van der Waals surface area contributed by atoms with Crippen LogP contribution in [0.15, 0.2) is 0 Å². The highest BCUT2D eigenvalue weighted by Gasteiger charge is 2.40. The highest BCUT2D eigenvalue weighted by atomic mass is 16.4. The van der Waals surface area contributed by atoms with Crippen LogP contribution < -0.4 is 5.32 Å². The van der Waals surface area contributed by atoms with E-state index in [0.29, 0.717) is 6.42 Å². The molecule has 0 bridgehead atoms. The number of hydrogen-bond donors (Lipinski definition) is 2. The SMILES string of the molecule is CN(C(=O)C1CCCC1C(=O)O)C1CCNCC1. The van der Waals surface area contributed by atoms with Crippen LogP contribution in [0.25, 0.3) is 0 Å². The zero-order valence-corrected chi connectivity index (χ0v) is 10.9. The number of carboxylic acid groups (broad SMARTS) is 1. The molecule has 0 spiro atoms.